The molecule has 3 nitrogen and oxygen atoms in total. The maximum Gasteiger partial charge on any atom is 0.0585 e. The minimum Gasteiger partial charge on any atom is -0.393 e. The first-order chi connectivity index (χ1) is 9.56. The first kappa shape index (κ1) is 15.5. The molecule has 0 aliphatic heterocycles. The van der Waals surface area contributed by atoms with Crippen LogP contribution in [0.1, 0.15) is 32.3 Å². The molecule has 0 radical (unpaired) electrons. The molecule has 4 atom stereocenters. The predicted octanol–water partition coefficient (Wildman–Crippen LogP) is 2.60. The molecule has 3 heteroatoms. The zero-order valence-electron chi connectivity index (χ0n) is 13.0. The summed E-state index contributed by atoms with van der Waals surface area (Å²) < 4.78 is 0. The van der Waals surface area contributed by atoms with Crippen LogP contribution < -0.4 is 0 Å². The van der Waals surface area contributed by atoms with Crippen molar-refractivity contribution in [2.75, 3.05) is 20.1 Å². The lowest BCUT2D eigenvalue weighted by Crippen LogP contribution is -2.41. The van der Waals surface area contributed by atoms with Crippen LogP contribution in [0, 0.1) is 17.8 Å². The molecule has 0 amide bonds. The highest BCUT2D eigenvalue weighted by Crippen LogP contribution is 2.34. The Morgan fingerprint density at radius 2 is 1.95 bits per heavy atom. The van der Waals surface area contributed by atoms with Crippen molar-refractivity contribution in [3.63, 3.8) is 0 Å². The van der Waals surface area contributed by atoms with Gasteiger partial charge in [-0.1, -0.05) is 13.8 Å². The fourth-order valence-corrected chi connectivity index (χ4v) is 3.49. The summed E-state index contributed by atoms with van der Waals surface area (Å²) in [6.45, 7) is 6.58. The minimum atomic E-state index is -0.128. The highest BCUT2D eigenvalue weighted by atomic mass is 16.3. The molecule has 1 heterocycles. The van der Waals surface area contributed by atoms with Crippen molar-refractivity contribution >= 4 is 0 Å². The summed E-state index contributed by atoms with van der Waals surface area (Å²) in [6, 6.07) is 4.15. The van der Waals surface area contributed by atoms with E-state index in [4.69, 9.17) is 0 Å². The molecule has 1 saturated carbocycles. The van der Waals surface area contributed by atoms with E-state index in [1.165, 1.54) is 12.0 Å². The number of hydrogen-bond donors (Lipinski definition) is 1. The van der Waals surface area contributed by atoms with Crippen LogP contribution in [0.2, 0.25) is 0 Å². The summed E-state index contributed by atoms with van der Waals surface area (Å²) in [5.74, 6) is 1.71. The van der Waals surface area contributed by atoms with Crippen molar-refractivity contribution in [2.24, 2.45) is 17.8 Å². The van der Waals surface area contributed by atoms with Gasteiger partial charge in [0.2, 0.25) is 0 Å². The van der Waals surface area contributed by atoms with Crippen molar-refractivity contribution in [3.8, 4) is 0 Å². The van der Waals surface area contributed by atoms with Crippen molar-refractivity contribution in [3.05, 3.63) is 30.1 Å². The molecular formula is C17H28N2O. The van der Waals surface area contributed by atoms with Crippen LogP contribution in [0.5, 0.6) is 0 Å². The summed E-state index contributed by atoms with van der Waals surface area (Å²) in [7, 11) is 2.17. The SMILES string of the molecule is CC1CC(C)C(CN(C)CCc2ccncc2)C(O)C1. The Morgan fingerprint density at radius 1 is 1.25 bits per heavy atom. The number of nitrogens with zero attached hydrogens (tertiary/aromatic N) is 2. The maximum absolute atomic E-state index is 10.3. The molecule has 1 aromatic rings. The number of likely N-dealkylation sites (N-methyl/N-ethyl adjacent to an activating group) is 1. The van der Waals surface area contributed by atoms with E-state index in [0.29, 0.717) is 17.8 Å². The summed E-state index contributed by atoms with van der Waals surface area (Å²) in [4.78, 5) is 6.41. The largest absolute Gasteiger partial charge is 0.393 e. The second-order valence-corrected chi connectivity index (χ2v) is 6.65. The van der Waals surface area contributed by atoms with E-state index in [9.17, 15) is 5.11 Å². The third-order valence-corrected chi connectivity index (χ3v) is 4.70. The number of aromatic nitrogens is 1. The average molecular weight is 276 g/mol. The molecule has 1 aliphatic carbocycles. The molecule has 0 spiro atoms. The maximum atomic E-state index is 10.3. The molecule has 1 aliphatic rings. The Hall–Kier alpha value is -0.930. The fraction of sp³-hybridized carbons (Fsp3) is 0.706. The fourth-order valence-electron chi connectivity index (χ4n) is 3.49. The Labute approximate surface area is 123 Å². The Balaban J connectivity index is 1.80. The van der Waals surface area contributed by atoms with Gasteiger partial charge in [-0.05, 0) is 55.8 Å². The summed E-state index contributed by atoms with van der Waals surface area (Å²) in [5, 5.41) is 10.3. The van der Waals surface area contributed by atoms with Gasteiger partial charge < -0.3 is 10.0 Å². The van der Waals surface area contributed by atoms with Crippen LogP contribution in [0.4, 0.5) is 0 Å². The van der Waals surface area contributed by atoms with Crippen molar-refractivity contribution in [1.82, 2.24) is 9.88 Å². The lowest BCUT2D eigenvalue weighted by Gasteiger charge is -2.39. The zero-order valence-corrected chi connectivity index (χ0v) is 13.0. The van der Waals surface area contributed by atoms with Gasteiger partial charge in [-0.25, -0.2) is 0 Å². The van der Waals surface area contributed by atoms with Gasteiger partial charge in [0, 0.05) is 31.4 Å². The topological polar surface area (TPSA) is 36.4 Å². The van der Waals surface area contributed by atoms with Crippen LogP contribution in [-0.2, 0) is 6.42 Å². The lowest BCUT2D eigenvalue weighted by atomic mass is 9.73. The molecule has 112 valence electrons. The standard InChI is InChI=1S/C17H28N2O/c1-13-10-14(2)16(17(20)11-13)12-19(3)9-6-15-4-7-18-8-5-15/h4-5,7-8,13-14,16-17,20H,6,9-12H2,1-3H3. The zero-order chi connectivity index (χ0) is 14.5. The molecule has 1 N–H and O–H groups in total. The van der Waals surface area contributed by atoms with Crippen molar-refractivity contribution in [1.29, 1.82) is 0 Å². The molecule has 1 fully saturated rings. The lowest BCUT2D eigenvalue weighted by molar-refractivity contribution is 0.00178. The van der Waals surface area contributed by atoms with Gasteiger partial charge in [-0.2, -0.15) is 0 Å². The Kier molecular flexibility index (Phi) is 5.55. The van der Waals surface area contributed by atoms with E-state index in [-0.39, 0.29) is 6.10 Å². The number of hydrogen-bond acceptors (Lipinski definition) is 3. The van der Waals surface area contributed by atoms with E-state index < -0.39 is 0 Å². The van der Waals surface area contributed by atoms with Crippen molar-refractivity contribution in [2.45, 2.75) is 39.2 Å². The molecular weight excluding hydrogens is 248 g/mol. The van der Waals surface area contributed by atoms with Gasteiger partial charge in [-0.15, -0.1) is 0 Å². The second-order valence-electron chi connectivity index (χ2n) is 6.65. The minimum absolute atomic E-state index is 0.128. The summed E-state index contributed by atoms with van der Waals surface area (Å²) >= 11 is 0. The molecule has 1 aromatic heterocycles. The molecule has 0 bridgehead atoms. The van der Waals surface area contributed by atoms with Gasteiger partial charge in [0.15, 0.2) is 0 Å². The Morgan fingerprint density at radius 3 is 2.60 bits per heavy atom. The molecule has 0 aromatic carbocycles. The Bertz CT molecular complexity index is 383. The predicted molar refractivity (Wildman–Crippen MR) is 82.5 cm³/mol. The van der Waals surface area contributed by atoms with E-state index in [1.54, 1.807) is 0 Å². The summed E-state index contributed by atoms with van der Waals surface area (Å²) in [6.07, 6.45) is 6.84. The van der Waals surface area contributed by atoms with E-state index >= 15 is 0 Å². The van der Waals surface area contributed by atoms with Gasteiger partial charge in [0.25, 0.3) is 0 Å². The highest BCUT2D eigenvalue weighted by molar-refractivity contribution is 5.09. The number of pyridine rings is 1. The van der Waals surface area contributed by atoms with Crippen molar-refractivity contribution < 1.29 is 5.11 Å². The van der Waals surface area contributed by atoms with Crippen LogP contribution in [0.3, 0.4) is 0 Å². The van der Waals surface area contributed by atoms with Gasteiger partial charge in [0.05, 0.1) is 6.10 Å². The average Bonchev–Trinajstić information content (AvgIpc) is 2.42. The van der Waals surface area contributed by atoms with Gasteiger partial charge >= 0.3 is 0 Å². The third-order valence-electron chi connectivity index (χ3n) is 4.70. The molecule has 4 unspecified atom stereocenters. The van der Waals surface area contributed by atoms with Crippen LogP contribution in [0.15, 0.2) is 24.5 Å². The highest BCUT2D eigenvalue weighted by Gasteiger charge is 2.33. The van der Waals surface area contributed by atoms with Crippen LogP contribution in [0.25, 0.3) is 0 Å². The number of aliphatic hydroxyl groups excluding tert-OH is 1. The second kappa shape index (κ2) is 7.19. The quantitative estimate of drug-likeness (QED) is 0.898. The summed E-state index contributed by atoms with van der Waals surface area (Å²) in [5.41, 5.74) is 1.33. The smallest absolute Gasteiger partial charge is 0.0585 e. The van der Waals surface area contributed by atoms with Crippen LogP contribution >= 0.6 is 0 Å². The molecule has 0 saturated heterocycles. The molecule has 2 rings (SSSR count). The first-order valence-corrected chi connectivity index (χ1v) is 7.81. The number of aliphatic hydroxyl groups is 1. The monoisotopic (exact) mass is 276 g/mol. The normalized spacial score (nSPS) is 30.6. The van der Waals surface area contributed by atoms with E-state index in [0.717, 1.165) is 25.9 Å². The van der Waals surface area contributed by atoms with Crippen LogP contribution in [-0.4, -0.2) is 41.2 Å². The van der Waals surface area contributed by atoms with E-state index in [2.05, 4.69) is 42.9 Å². The van der Waals surface area contributed by atoms with E-state index in [1.807, 2.05) is 12.4 Å². The number of rotatable bonds is 5. The molecule has 20 heavy (non-hydrogen) atoms. The van der Waals surface area contributed by atoms with Gasteiger partial charge in [0.1, 0.15) is 0 Å². The van der Waals surface area contributed by atoms with Gasteiger partial charge in [-0.3, -0.25) is 4.98 Å². The third kappa shape index (κ3) is 4.29. The first-order valence-electron chi connectivity index (χ1n) is 7.81.